The smallest absolute Gasteiger partial charge is 0.257 e. The molecule has 0 saturated carbocycles. The molecule has 1 aromatic carbocycles. The maximum atomic E-state index is 11.6. The average Bonchev–Trinajstić information content (AvgIpc) is 2.52. The molecule has 1 saturated heterocycles. The Morgan fingerprint density at radius 3 is 2.77 bits per heavy atom. The highest BCUT2D eigenvalue weighted by Gasteiger charge is 2.17. The van der Waals surface area contributed by atoms with Crippen LogP contribution >= 0.6 is 0 Å². The molecule has 2 rings (SSSR count). The maximum Gasteiger partial charge on any atom is 0.257 e. The molecule has 122 valence electrons. The fourth-order valence-electron chi connectivity index (χ4n) is 2.04. The Morgan fingerprint density at radius 2 is 2.14 bits per heavy atom. The van der Waals surface area contributed by atoms with E-state index in [0.717, 1.165) is 12.0 Å². The van der Waals surface area contributed by atoms with Crippen molar-refractivity contribution in [3.63, 3.8) is 0 Å². The molecule has 6 heteroatoms. The van der Waals surface area contributed by atoms with E-state index in [1.54, 1.807) is 12.1 Å². The third kappa shape index (κ3) is 4.89. The normalized spacial score (nSPS) is 15.8. The number of anilines is 1. The zero-order chi connectivity index (χ0) is 15.9. The van der Waals surface area contributed by atoms with Crippen molar-refractivity contribution in [2.24, 2.45) is 5.92 Å². The van der Waals surface area contributed by atoms with Crippen LogP contribution < -0.4 is 15.8 Å². The van der Waals surface area contributed by atoms with Crippen LogP contribution in [0.5, 0.6) is 5.75 Å². The molecule has 0 radical (unpaired) electrons. The first-order valence-corrected chi connectivity index (χ1v) is 7.58. The van der Waals surface area contributed by atoms with Gasteiger partial charge < -0.3 is 25.3 Å². The van der Waals surface area contributed by atoms with Gasteiger partial charge in [-0.25, -0.2) is 0 Å². The molecule has 1 heterocycles. The first-order valence-electron chi connectivity index (χ1n) is 7.58. The molecule has 1 aromatic rings. The quantitative estimate of drug-likeness (QED) is 0.784. The maximum absolute atomic E-state index is 11.6. The molecule has 1 fully saturated rings. The van der Waals surface area contributed by atoms with Crippen molar-refractivity contribution in [1.82, 2.24) is 5.32 Å². The highest BCUT2D eigenvalue weighted by atomic mass is 16.7. The predicted molar refractivity (Wildman–Crippen MR) is 83.5 cm³/mol. The Hall–Kier alpha value is -1.79. The van der Waals surface area contributed by atoms with Crippen LogP contribution in [0.4, 0.5) is 5.69 Å². The third-order valence-electron chi connectivity index (χ3n) is 3.20. The second-order valence-corrected chi connectivity index (χ2v) is 5.71. The Balaban J connectivity index is 1.88. The molecule has 0 aliphatic carbocycles. The Bertz CT molecular complexity index is 499. The molecule has 1 aliphatic heterocycles. The summed E-state index contributed by atoms with van der Waals surface area (Å²) in [6.45, 7) is 6.01. The molecule has 0 bridgehead atoms. The molecule has 0 aromatic heterocycles. The highest BCUT2D eigenvalue weighted by Crippen LogP contribution is 2.29. The lowest BCUT2D eigenvalue weighted by molar-refractivity contribution is -0.183. The highest BCUT2D eigenvalue weighted by molar-refractivity contribution is 5.77. The van der Waals surface area contributed by atoms with E-state index in [1.165, 1.54) is 0 Å². The molecule has 1 amide bonds. The second-order valence-electron chi connectivity index (χ2n) is 5.71. The van der Waals surface area contributed by atoms with E-state index < -0.39 is 0 Å². The number of amides is 1. The number of rotatable bonds is 6. The summed E-state index contributed by atoms with van der Waals surface area (Å²) in [5.74, 6) is 0.735. The summed E-state index contributed by atoms with van der Waals surface area (Å²) in [5, 5.41) is 2.79. The molecule has 22 heavy (non-hydrogen) atoms. The van der Waals surface area contributed by atoms with Crippen LogP contribution in [0.1, 0.15) is 32.1 Å². The van der Waals surface area contributed by atoms with Gasteiger partial charge in [0.25, 0.3) is 5.91 Å². The summed E-state index contributed by atoms with van der Waals surface area (Å²) >= 11 is 0. The molecule has 0 unspecified atom stereocenters. The molecule has 1 aliphatic rings. The van der Waals surface area contributed by atoms with Crippen molar-refractivity contribution in [1.29, 1.82) is 0 Å². The van der Waals surface area contributed by atoms with E-state index in [0.29, 0.717) is 37.1 Å². The van der Waals surface area contributed by atoms with Gasteiger partial charge in [0, 0.05) is 12.1 Å². The minimum absolute atomic E-state index is 0.0489. The van der Waals surface area contributed by atoms with Crippen molar-refractivity contribution in [2.45, 2.75) is 26.6 Å². The van der Waals surface area contributed by atoms with E-state index in [4.69, 9.17) is 19.9 Å². The van der Waals surface area contributed by atoms with Crippen LogP contribution in [-0.4, -0.2) is 32.3 Å². The molecule has 0 atom stereocenters. The summed E-state index contributed by atoms with van der Waals surface area (Å²) in [7, 11) is 0. The standard InChI is InChI=1S/C16H24N2O4/c1-11(2)9-18-15(19)10-22-14-5-4-12(8-13(14)17)16-20-6-3-7-21-16/h4-5,8,11,16H,3,6-7,9-10,17H2,1-2H3,(H,18,19). The number of carbonyl (C=O) groups is 1. The summed E-state index contributed by atoms with van der Waals surface area (Å²) in [6.07, 6.45) is 0.526. The Kier molecular flexibility index (Phi) is 6.03. The second kappa shape index (κ2) is 8.00. The van der Waals surface area contributed by atoms with Gasteiger partial charge in [-0.2, -0.15) is 0 Å². The SMILES string of the molecule is CC(C)CNC(=O)COc1ccc(C2OCCCO2)cc1N. The van der Waals surface area contributed by atoms with Gasteiger partial charge in [0.1, 0.15) is 5.75 Å². The number of nitrogens with one attached hydrogen (secondary N) is 1. The van der Waals surface area contributed by atoms with Crippen molar-refractivity contribution in [3.05, 3.63) is 23.8 Å². The van der Waals surface area contributed by atoms with Crippen LogP contribution in [-0.2, 0) is 14.3 Å². The monoisotopic (exact) mass is 308 g/mol. The van der Waals surface area contributed by atoms with Gasteiger partial charge in [-0.05, 0) is 24.5 Å². The molecular weight excluding hydrogens is 284 g/mol. The largest absolute Gasteiger partial charge is 0.482 e. The van der Waals surface area contributed by atoms with Crippen LogP contribution in [0.25, 0.3) is 0 Å². The van der Waals surface area contributed by atoms with Gasteiger partial charge in [-0.1, -0.05) is 19.9 Å². The minimum Gasteiger partial charge on any atom is -0.482 e. The number of ether oxygens (including phenoxy) is 3. The first-order chi connectivity index (χ1) is 10.6. The van der Waals surface area contributed by atoms with E-state index in [1.807, 2.05) is 19.9 Å². The first kappa shape index (κ1) is 16.6. The fourth-order valence-corrected chi connectivity index (χ4v) is 2.04. The fraction of sp³-hybridized carbons (Fsp3) is 0.562. The topological polar surface area (TPSA) is 82.8 Å². The van der Waals surface area contributed by atoms with Gasteiger partial charge in [0.05, 0.1) is 18.9 Å². The summed E-state index contributed by atoms with van der Waals surface area (Å²) < 4.78 is 16.5. The van der Waals surface area contributed by atoms with Gasteiger partial charge in [0.15, 0.2) is 12.9 Å². The Labute approximate surface area is 130 Å². The van der Waals surface area contributed by atoms with Gasteiger partial charge in [-0.15, -0.1) is 0 Å². The van der Waals surface area contributed by atoms with E-state index >= 15 is 0 Å². The number of nitrogen functional groups attached to an aromatic ring is 1. The molecule has 3 N–H and O–H groups in total. The summed E-state index contributed by atoms with van der Waals surface area (Å²) in [5.41, 5.74) is 7.29. The van der Waals surface area contributed by atoms with E-state index in [-0.39, 0.29) is 18.8 Å². The van der Waals surface area contributed by atoms with E-state index in [2.05, 4.69) is 5.32 Å². The van der Waals surface area contributed by atoms with Gasteiger partial charge in [0.2, 0.25) is 0 Å². The zero-order valence-corrected chi connectivity index (χ0v) is 13.1. The summed E-state index contributed by atoms with van der Waals surface area (Å²) in [4.78, 5) is 11.6. The van der Waals surface area contributed by atoms with Gasteiger partial charge >= 0.3 is 0 Å². The number of hydrogen-bond donors (Lipinski definition) is 2. The number of nitrogens with two attached hydrogens (primary N) is 1. The molecule has 0 spiro atoms. The lowest BCUT2D eigenvalue weighted by Gasteiger charge is -2.24. The predicted octanol–water partition coefficient (Wildman–Crippen LogP) is 1.86. The Morgan fingerprint density at radius 1 is 1.41 bits per heavy atom. The lowest BCUT2D eigenvalue weighted by Crippen LogP contribution is -2.31. The van der Waals surface area contributed by atoms with Crippen LogP contribution in [0.15, 0.2) is 18.2 Å². The van der Waals surface area contributed by atoms with Crippen LogP contribution in [0, 0.1) is 5.92 Å². The van der Waals surface area contributed by atoms with Crippen LogP contribution in [0.3, 0.4) is 0 Å². The van der Waals surface area contributed by atoms with Crippen LogP contribution in [0.2, 0.25) is 0 Å². The lowest BCUT2D eigenvalue weighted by atomic mass is 10.1. The third-order valence-corrected chi connectivity index (χ3v) is 3.20. The van der Waals surface area contributed by atoms with Crippen molar-refractivity contribution in [3.8, 4) is 5.75 Å². The molecule has 6 nitrogen and oxygen atoms in total. The summed E-state index contributed by atoms with van der Waals surface area (Å²) in [6, 6.07) is 5.34. The van der Waals surface area contributed by atoms with Gasteiger partial charge in [-0.3, -0.25) is 4.79 Å². The van der Waals surface area contributed by atoms with Crippen molar-refractivity contribution < 1.29 is 19.0 Å². The van der Waals surface area contributed by atoms with Crippen molar-refractivity contribution >= 4 is 11.6 Å². The molecular formula is C16H24N2O4. The number of carbonyl (C=O) groups excluding carboxylic acids is 1. The number of hydrogen-bond acceptors (Lipinski definition) is 5. The number of benzene rings is 1. The zero-order valence-electron chi connectivity index (χ0n) is 13.1. The van der Waals surface area contributed by atoms with Crippen molar-refractivity contribution in [2.75, 3.05) is 32.1 Å². The minimum atomic E-state index is -0.376. The van der Waals surface area contributed by atoms with E-state index in [9.17, 15) is 4.79 Å². The average molecular weight is 308 g/mol.